The molecule has 0 fully saturated rings. The van der Waals surface area contributed by atoms with E-state index < -0.39 is 18.0 Å². The molecule has 2 aromatic rings. The Morgan fingerprint density at radius 2 is 2.05 bits per heavy atom. The van der Waals surface area contributed by atoms with Crippen molar-refractivity contribution in [2.45, 2.75) is 19.1 Å². The van der Waals surface area contributed by atoms with Crippen LogP contribution in [0.25, 0.3) is 0 Å². The highest BCUT2D eigenvalue weighted by atomic mass is 35.5. The van der Waals surface area contributed by atoms with E-state index in [0.717, 1.165) is 0 Å². The largest absolute Gasteiger partial charge is 0.451 e. The fourth-order valence-electron chi connectivity index (χ4n) is 1.59. The Hall–Kier alpha value is -1.90. The maximum Gasteiger partial charge on any atom is 0.451 e. The number of hydrogen-bond acceptors (Lipinski definition) is 5. The van der Waals surface area contributed by atoms with Crippen molar-refractivity contribution in [3.8, 4) is 0 Å². The fraction of sp³-hybridized carbons (Fsp3) is 0.400. The van der Waals surface area contributed by atoms with Crippen LogP contribution < -0.4 is 5.32 Å². The van der Waals surface area contributed by atoms with Crippen LogP contribution >= 0.6 is 11.6 Å². The van der Waals surface area contributed by atoms with E-state index in [1.54, 1.807) is 18.5 Å². The van der Waals surface area contributed by atoms with Crippen molar-refractivity contribution in [1.29, 1.82) is 0 Å². The highest BCUT2D eigenvalue weighted by Gasteiger charge is 2.35. The van der Waals surface area contributed by atoms with Crippen molar-refractivity contribution in [3.05, 3.63) is 29.2 Å². The number of aryl methyl sites for hydroxylation is 1. The van der Waals surface area contributed by atoms with Crippen molar-refractivity contribution in [3.63, 3.8) is 0 Å². The zero-order valence-electron chi connectivity index (χ0n) is 10.5. The van der Waals surface area contributed by atoms with Gasteiger partial charge in [-0.3, -0.25) is 0 Å². The number of rotatable bonds is 3. The summed E-state index contributed by atoms with van der Waals surface area (Å²) in [5, 5.41) is 10.0. The Morgan fingerprint density at radius 1 is 1.35 bits per heavy atom. The van der Waals surface area contributed by atoms with E-state index in [1.165, 1.54) is 12.4 Å². The van der Waals surface area contributed by atoms with Crippen molar-refractivity contribution in [1.82, 2.24) is 24.7 Å². The van der Waals surface area contributed by atoms with Crippen molar-refractivity contribution >= 4 is 17.4 Å². The van der Waals surface area contributed by atoms with Gasteiger partial charge in [0.1, 0.15) is 17.3 Å². The van der Waals surface area contributed by atoms with Crippen molar-refractivity contribution < 1.29 is 13.2 Å². The minimum absolute atomic E-state index is 0.0344. The molecule has 0 saturated carbocycles. The maximum absolute atomic E-state index is 12.6. The molecule has 2 rings (SSSR count). The van der Waals surface area contributed by atoms with E-state index >= 15 is 0 Å². The van der Waals surface area contributed by atoms with Crippen LogP contribution in [-0.4, -0.2) is 24.7 Å². The number of hydrogen-bond donors (Lipinski definition) is 1. The molecular formula is C10H10ClF3N6. The first kappa shape index (κ1) is 14.5. The standard InChI is InChI=1S/C10H10ClF3N6/c1-5(8-19-15-4-20(8)2)16-7-3-6(11)17-9(18-7)10(12,13)14/h3-5H,1-2H3,(H,16,17,18). The molecule has 0 saturated heterocycles. The predicted octanol–water partition coefficient (Wildman–Crippen LogP) is 2.45. The average Bonchev–Trinajstić information content (AvgIpc) is 2.73. The van der Waals surface area contributed by atoms with E-state index in [2.05, 4.69) is 25.5 Å². The molecule has 0 bridgehead atoms. The molecule has 2 aromatic heterocycles. The summed E-state index contributed by atoms with van der Waals surface area (Å²) in [6, 6.07) is 0.818. The summed E-state index contributed by atoms with van der Waals surface area (Å²) < 4.78 is 39.4. The van der Waals surface area contributed by atoms with Crippen LogP contribution in [0.5, 0.6) is 0 Å². The summed E-state index contributed by atoms with van der Waals surface area (Å²) in [4.78, 5) is 6.54. The van der Waals surface area contributed by atoms with Crippen LogP contribution in [0.4, 0.5) is 19.0 Å². The van der Waals surface area contributed by atoms with Gasteiger partial charge in [0.05, 0.1) is 6.04 Å². The quantitative estimate of drug-likeness (QED) is 0.882. The van der Waals surface area contributed by atoms with Crippen LogP contribution in [0.1, 0.15) is 24.6 Å². The van der Waals surface area contributed by atoms with Crippen LogP contribution in [-0.2, 0) is 13.2 Å². The maximum atomic E-state index is 12.6. The SMILES string of the molecule is CC(Nc1cc(Cl)nc(C(F)(F)F)n1)c1nncn1C. The number of anilines is 1. The van der Waals surface area contributed by atoms with Crippen LogP contribution in [0.3, 0.4) is 0 Å². The van der Waals surface area contributed by atoms with Crippen molar-refractivity contribution in [2.75, 3.05) is 5.32 Å². The van der Waals surface area contributed by atoms with Crippen LogP contribution in [0.15, 0.2) is 12.4 Å². The molecule has 0 aliphatic carbocycles. The number of aromatic nitrogens is 5. The average molecular weight is 307 g/mol. The molecule has 0 aliphatic heterocycles. The first-order valence-electron chi connectivity index (χ1n) is 5.49. The fourth-order valence-corrected chi connectivity index (χ4v) is 1.77. The summed E-state index contributed by atoms with van der Waals surface area (Å²) in [7, 11) is 1.72. The summed E-state index contributed by atoms with van der Waals surface area (Å²) in [5.74, 6) is -0.779. The van der Waals surface area contributed by atoms with Gasteiger partial charge < -0.3 is 9.88 Å². The minimum Gasteiger partial charge on any atom is -0.360 e. The lowest BCUT2D eigenvalue weighted by molar-refractivity contribution is -0.144. The lowest BCUT2D eigenvalue weighted by Gasteiger charge is -2.14. The smallest absolute Gasteiger partial charge is 0.360 e. The van der Waals surface area contributed by atoms with Gasteiger partial charge in [-0.05, 0) is 6.92 Å². The second kappa shape index (κ2) is 5.23. The molecule has 0 amide bonds. The molecule has 1 N–H and O–H groups in total. The molecule has 0 radical (unpaired) electrons. The topological polar surface area (TPSA) is 68.5 Å². The van der Waals surface area contributed by atoms with Gasteiger partial charge in [0.15, 0.2) is 5.82 Å². The second-order valence-corrected chi connectivity index (χ2v) is 4.45. The highest BCUT2D eigenvalue weighted by molar-refractivity contribution is 6.29. The number of alkyl halides is 3. The lowest BCUT2D eigenvalue weighted by Crippen LogP contribution is -2.16. The molecule has 0 aromatic carbocycles. The number of nitrogens with zero attached hydrogens (tertiary/aromatic N) is 5. The zero-order valence-corrected chi connectivity index (χ0v) is 11.2. The summed E-state index contributed by atoms with van der Waals surface area (Å²) in [6.07, 6.45) is -3.17. The Morgan fingerprint density at radius 3 is 2.60 bits per heavy atom. The van der Waals surface area contributed by atoms with E-state index in [4.69, 9.17) is 11.6 Å². The molecule has 108 valence electrons. The summed E-state index contributed by atoms with van der Waals surface area (Å²) in [6.45, 7) is 1.72. The molecule has 20 heavy (non-hydrogen) atoms. The molecule has 10 heteroatoms. The third-order valence-corrected chi connectivity index (χ3v) is 2.64. The monoisotopic (exact) mass is 306 g/mol. The summed E-state index contributed by atoms with van der Waals surface area (Å²) in [5.41, 5.74) is 0. The molecular weight excluding hydrogens is 297 g/mol. The van der Waals surface area contributed by atoms with Gasteiger partial charge in [0, 0.05) is 13.1 Å². The normalized spacial score (nSPS) is 13.3. The van der Waals surface area contributed by atoms with E-state index in [-0.39, 0.29) is 11.0 Å². The highest BCUT2D eigenvalue weighted by Crippen LogP contribution is 2.29. The first-order chi connectivity index (χ1) is 9.27. The predicted molar refractivity (Wildman–Crippen MR) is 65.1 cm³/mol. The number of halogens is 4. The van der Waals surface area contributed by atoms with Gasteiger partial charge in [-0.25, -0.2) is 9.97 Å². The Bertz CT molecular complexity index is 611. The lowest BCUT2D eigenvalue weighted by atomic mass is 10.3. The molecule has 1 atom stereocenters. The molecule has 0 aliphatic rings. The van der Waals surface area contributed by atoms with Gasteiger partial charge in [-0.15, -0.1) is 10.2 Å². The van der Waals surface area contributed by atoms with E-state index in [1.807, 2.05) is 0 Å². The molecule has 2 heterocycles. The van der Waals surface area contributed by atoms with Gasteiger partial charge in [0.25, 0.3) is 0 Å². The van der Waals surface area contributed by atoms with Crippen molar-refractivity contribution in [2.24, 2.45) is 7.05 Å². The van der Waals surface area contributed by atoms with Gasteiger partial charge in [-0.1, -0.05) is 11.6 Å². The van der Waals surface area contributed by atoms with E-state index in [0.29, 0.717) is 5.82 Å². The van der Waals surface area contributed by atoms with Crippen LogP contribution in [0.2, 0.25) is 5.15 Å². The zero-order chi connectivity index (χ0) is 14.9. The third kappa shape index (κ3) is 3.16. The Kier molecular flexibility index (Phi) is 3.80. The van der Waals surface area contributed by atoms with Gasteiger partial charge in [-0.2, -0.15) is 13.2 Å². The number of nitrogens with one attached hydrogen (secondary N) is 1. The molecule has 0 spiro atoms. The minimum atomic E-state index is -4.66. The Labute approximate surface area is 117 Å². The van der Waals surface area contributed by atoms with Crippen LogP contribution in [0, 0.1) is 0 Å². The second-order valence-electron chi connectivity index (χ2n) is 4.06. The summed E-state index contributed by atoms with van der Waals surface area (Å²) >= 11 is 5.57. The first-order valence-corrected chi connectivity index (χ1v) is 5.87. The Balaban J connectivity index is 2.26. The third-order valence-electron chi connectivity index (χ3n) is 2.45. The van der Waals surface area contributed by atoms with Gasteiger partial charge >= 0.3 is 6.18 Å². The molecule has 1 unspecified atom stereocenters. The van der Waals surface area contributed by atoms with Gasteiger partial charge in [0.2, 0.25) is 5.82 Å². The molecule has 6 nitrogen and oxygen atoms in total. The van der Waals surface area contributed by atoms with E-state index in [9.17, 15) is 13.2 Å².